The molecular weight excluding hydrogens is 262 g/mol. The number of nitrogens with two attached hydrogens (primary N) is 2. The van der Waals surface area contributed by atoms with E-state index in [2.05, 4.69) is 31.2 Å². The van der Waals surface area contributed by atoms with Crippen LogP contribution in [0.5, 0.6) is 0 Å². The molecule has 0 saturated carbocycles. The van der Waals surface area contributed by atoms with Crippen molar-refractivity contribution in [2.24, 2.45) is 5.73 Å². The van der Waals surface area contributed by atoms with Crippen molar-refractivity contribution in [1.29, 1.82) is 0 Å². The van der Waals surface area contributed by atoms with E-state index in [1.54, 1.807) is 0 Å². The fraction of sp³-hybridized carbons (Fsp3) is 0.375. The number of aromatic nitrogens is 2. The molecule has 0 bridgehead atoms. The molecule has 1 atom stereocenters. The van der Waals surface area contributed by atoms with Gasteiger partial charge < -0.3 is 16.8 Å². The van der Waals surface area contributed by atoms with Gasteiger partial charge >= 0.3 is 0 Å². The average molecular weight is 274 g/mol. The smallest absolute Gasteiger partial charge is 0.219 e. The van der Waals surface area contributed by atoms with Gasteiger partial charge in [0, 0.05) is 12.5 Å². The van der Waals surface area contributed by atoms with E-state index in [0.717, 1.165) is 0 Å². The number of hydrogen-bond acceptors (Lipinski definition) is 5. The molecule has 1 aromatic rings. The van der Waals surface area contributed by atoms with Gasteiger partial charge in [0.25, 0.3) is 0 Å². The van der Waals surface area contributed by atoms with E-state index in [9.17, 15) is 4.79 Å². The zero-order chi connectivity index (χ0) is 11.4. The Kier molecular flexibility index (Phi) is 3.84. The Bertz CT molecular complexity index is 370. The predicted molar refractivity (Wildman–Crippen MR) is 61.0 cm³/mol. The molecule has 82 valence electrons. The molecule has 1 aromatic heterocycles. The van der Waals surface area contributed by atoms with Gasteiger partial charge in [-0.1, -0.05) is 0 Å². The fourth-order valence-corrected chi connectivity index (χ4v) is 1.39. The molecule has 0 aliphatic rings. The van der Waals surface area contributed by atoms with Gasteiger partial charge in [-0.05, 0) is 22.9 Å². The largest absolute Gasteiger partial charge is 0.383 e. The summed E-state index contributed by atoms with van der Waals surface area (Å²) in [4.78, 5) is 18.4. The quantitative estimate of drug-likeness (QED) is 0.741. The minimum absolute atomic E-state index is 0.104. The zero-order valence-electron chi connectivity index (χ0n) is 8.20. The molecule has 7 heteroatoms. The summed E-state index contributed by atoms with van der Waals surface area (Å²) in [7, 11) is 0. The van der Waals surface area contributed by atoms with Gasteiger partial charge in [-0.25, -0.2) is 9.97 Å². The molecule has 0 spiro atoms. The highest BCUT2D eigenvalue weighted by Gasteiger charge is 2.10. The third-order valence-electron chi connectivity index (χ3n) is 1.71. The monoisotopic (exact) mass is 273 g/mol. The van der Waals surface area contributed by atoms with Crippen LogP contribution in [0.15, 0.2) is 10.8 Å². The summed E-state index contributed by atoms with van der Waals surface area (Å²) in [5, 5.41) is 3.00. The molecule has 1 heterocycles. The van der Waals surface area contributed by atoms with Crippen molar-refractivity contribution >= 4 is 33.5 Å². The summed E-state index contributed by atoms with van der Waals surface area (Å²) in [6.07, 6.45) is 1.58. The normalized spacial score (nSPS) is 12.1. The average Bonchev–Trinajstić information content (AvgIpc) is 2.11. The number of nitrogen functional groups attached to an aromatic ring is 1. The van der Waals surface area contributed by atoms with Gasteiger partial charge in [-0.3, -0.25) is 4.79 Å². The molecule has 0 aliphatic carbocycles. The minimum Gasteiger partial charge on any atom is -0.383 e. The van der Waals surface area contributed by atoms with Crippen LogP contribution in [0.4, 0.5) is 11.6 Å². The standard InChI is InChI=1S/C8H12BrN5O/c1-4(2-5(10)15)14-8-6(9)7(11)12-3-13-8/h3-4H,2H2,1H3,(H2,10,15)(H3,11,12,13,14). The molecule has 0 fully saturated rings. The molecule has 1 amide bonds. The molecule has 0 aromatic carbocycles. The van der Waals surface area contributed by atoms with Crippen molar-refractivity contribution in [2.45, 2.75) is 19.4 Å². The second-order valence-electron chi connectivity index (χ2n) is 3.14. The Balaban J connectivity index is 2.72. The molecule has 0 radical (unpaired) electrons. The molecule has 0 saturated heterocycles. The topological polar surface area (TPSA) is 107 Å². The summed E-state index contributed by atoms with van der Waals surface area (Å²) in [6.45, 7) is 1.83. The van der Waals surface area contributed by atoms with E-state index < -0.39 is 0 Å². The van der Waals surface area contributed by atoms with Crippen molar-refractivity contribution in [3.8, 4) is 0 Å². The lowest BCUT2D eigenvalue weighted by molar-refractivity contribution is -0.118. The number of amides is 1. The van der Waals surface area contributed by atoms with Gasteiger partial charge in [0.1, 0.15) is 22.4 Å². The van der Waals surface area contributed by atoms with Crippen LogP contribution in [0.3, 0.4) is 0 Å². The number of anilines is 2. The highest BCUT2D eigenvalue weighted by Crippen LogP contribution is 2.24. The van der Waals surface area contributed by atoms with Crippen LogP contribution in [-0.2, 0) is 4.79 Å². The number of nitrogens with zero attached hydrogens (tertiary/aromatic N) is 2. The van der Waals surface area contributed by atoms with Gasteiger partial charge in [0.2, 0.25) is 5.91 Å². The van der Waals surface area contributed by atoms with Gasteiger partial charge in [0.15, 0.2) is 0 Å². The number of carbonyl (C=O) groups excluding carboxylic acids is 1. The van der Waals surface area contributed by atoms with Crippen LogP contribution in [-0.4, -0.2) is 21.9 Å². The highest BCUT2D eigenvalue weighted by molar-refractivity contribution is 9.10. The fourth-order valence-electron chi connectivity index (χ4n) is 1.07. The summed E-state index contributed by atoms with van der Waals surface area (Å²) in [5.41, 5.74) is 10.6. The summed E-state index contributed by atoms with van der Waals surface area (Å²) in [6, 6.07) is -0.104. The summed E-state index contributed by atoms with van der Waals surface area (Å²) >= 11 is 3.25. The van der Waals surface area contributed by atoms with E-state index in [4.69, 9.17) is 11.5 Å². The third-order valence-corrected chi connectivity index (χ3v) is 2.49. The Morgan fingerprint density at radius 3 is 2.93 bits per heavy atom. The highest BCUT2D eigenvalue weighted by atomic mass is 79.9. The van der Waals surface area contributed by atoms with E-state index >= 15 is 0 Å². The molecule has 0 aliphatic heterocycles. The Morgan fingerprint density at radius 2 is 2.33 bits per heavy atom. The van der Waals surface area contributed by atoms with E-state index in [1.165, 1.54) is 6.33 Å². The van der Waals surface area contributed by atoms with Crippen molar-refractivity contribution in [3.05, 3.63) is 10.8 Å². The molecule has 6 nitrogen and oxygen atoms in total. The van der Waals surface area contributed by atoms with Crippen LogP contribution in [0.2, 0.25) is 0 Å². The first-order valence-corrected chi connectivity index (χ1v) is 5.10. The maximum absolute atomic E-state index is 10.7. The van der Waals surface area contributed by atoms with Crippen molar-refractivity contribution < 1.29 is 4.79 Å². The Morgan fingerprint density at radius 1 is 1.67 bits per heavy atom. The zero-order valence-corrected chi connectivity index (χ0v) is 9.78. The molecular formula is C8H12BrN5O. The van der Waals surface area contributed by atoms with Gasteiger partial charge in [-0.2, -0.15) is 0 Å². The number of rotatable bonds is 4. The van der Waals surface area contributed by atoms with E-state index in [0.29, 0.717) is 16.1 Å². The lowest BCUT2D eigenvalue weighted by atomic mass is 10.2. The summed E-state index contributed by atoms with van der Waals surface area (Å²) < 4.78 is 0.585. The second-order valence-corrected chi connectivity index (χ2v) is 3.93. The molecule has 15 heavy (non-hydrogen) atoms. The number of nitrogens with one attached hydrogen (secondary N) is 1. The maximum atomic E-state index is 10.7. The van der Waals surface area contributed by atoms with Crippen LogP contribution in [0.25, 0.3) is 0 Å². The maximum Gasteiger partial charge on any atom is 0.219 e. The first-order valence-electron chi connectivity index (χ1n) is 4.31. The van der Waals surface area contributed by atoms with Crippen LogP contribution in [0, 0.1) is 0 Å². The van der Waals surface area contributed by atoms with Gasteiger partial charge in [-0.15, -0.1) is 0 Å². The SMILES string of the molecule is CC(CC(N)=O)Nc1ncnc(N)c1Br. The second kappa shape index (κ2) is 4.92. The molecule has 1 unspecified atom stereocenters. The lowest BCUT2D eigenvalue weighted by Gasteiger charge is -2.13. The summed E-state index contributed by atoms with van der Waals surface area (Å²) in [5.74, 6) is 0.531. The first kappa shape index (κ1) is 11.7. The minimum atomic E-state index is -0.367. The predicted octanol–water partition coefficient (Wildman–Crippen LogP) is 0.497. The number of primary amides is 1. The molecule has 5 N–H and O–H groups in total. The van der Waals surface area contributed by atoms with Crippen molar-refractivity contribution in [1.82, 2.24) is 9.97 Å². The van der Waals surface area contributed by atoms with Gasteiger partial charge in [0.05, 0.1) is 0 Å². The van der Waals surface area contributed by atoms with Crippen LogP contribution < -0.4 is 16.8 Å². The van der Waals surface area contributed by atoms with E-state index in [-0.39, 0.29) is 18.4 Å². The number of carbonyl (C=O) groups is 1. The first-order chi connectivity index (χ1) is 7.00. The number of halogens is 1. The van der Waals surface area contributed by atoms with Crippen LogP contribution >= 0.6 is 15.9 Å². The van der Waals surface area contributed by atoms with Crippen LogP contribution in [0.1, 0.15) is 13.3 Å². The van der Waals surface area contributed by atoms with Crippen molar-refractivity contribution in [2.75, 3.05) is 11.1 Å². The third kappa shape index (κ3) is 3.35. The van der Waals surface area contributed by atoms with E-state index in [1.807, 2.05) is 6.92 Å². The van der Waals surface area contributed by atoms with Crippen molar-refractivity contribution in [3.63, 3.8) is 0 Å². The molecule has 1 rings (SSSR count). The lowest BCUT2D eigenvalue weighted by Crippen LogP contribution is -2.24. The number of hydrogen-bond donors (Lipinski definition) is 3. The Labute approximate surface area is 95.6 Å². The Hall–Kier alpha value is -1.37.